The number of amides is 2. The van der Waals surface area contributed by atoms with E-state index in [4.69, 9.17) is 9.73 Å². The van der Waals surface area contributed by atoms with Crippen molar-refractivity contribution < 1.29 is 9.53 Å². The van der Waals surface area contributed by atoms with Gasteiger partial charge in [0.05, 0.1) is 18.0 Å². The molecule has 0 spiro atoms. The van der Waals surface area contributed by atoms with Gasteiger partial charge in [-0.15, -0.1) is 0 Å². The van der Waals surface area contributed by atoms with E-state index in [1.54, 1.807) is 16.7 Å². The maximum atomic E-state index is 13.1. The molecular formula is C19H29N3O2S. The Morgan fingerprint density at radius 3 is 2.44 bits per heavy atom. The van der Waals surface area contributed by atoms with Crippen molar-refractivity contribution in [3.63, 3.8) is 0 Å². The number of thioether (sulfide) groups is 1. The van der Waals surface area contributed by atoms with E-state index in [1.165, 1.54) is 0 Å². The van der Waals surface area contributed by atoms with Crippen LogP contribution in [0.1, 0.15) is 47.5 Å². The number of aliphatic imine (C=N–C) groups is 1. The van der Waals surface area contributed by atoms with Crippen molar-refractivity contribution in [2.45, 2.75) is 53.0 Å². The van der Waals surface area contributed by atoms with Crippen LogP contribution in [0.2, 0.25) is 0 Å². The minimum absolute atomic E-state index is 0.000593. The molecule has 0 N–H and O–H groups in total. The van der Waals surface area contributed by atoms with Crippen LogP contribution in [0.5, 0.6) is 5.75 Å². The van der Waals surface area contributed by atoms with Gasteiger partial charge in [0.2, 0.25) is 0 Å². The molecule has 2 rings (SSSR count). The normalized spacial score (nSPS) is 17.3. The SMILES string of the molecule is CCCCN1C(=O)N(c2ccc(OCC)cc2)CSC1=NC(C)(C)C. The van der Waals surface area contributed by atoms with Gasteiger partial charge in [-0.3, -0.25) is 14.8 Å². The Morgan fingerprint density at radius 1 is 1.20 bits per heavy atom. The number of urea groups is 1. The average molecular weight is 364 g/mol. The zero-order valence-corrected chi connectivity index (χ0v) is 16.7. The number of hydrogen-bond acceptors (Lipinski definition) is 4. The lowest BCUT2D eigenvalue weighted by atomic mass is 10.1. The standard InChI is InChI=1S/C19H29N3O2S/c1-6-8-13-21-17(20-19(3,4)5)25-14-22(18(21)23)15-9-11-16(12-10-15)24-7-2/h9-12H,6-8,13-14H2,1-5H3. The third-order valence-corrected chi connectivity index (χ3v) is 4.60. The number of unbranched alkanes of at least 4 members (excludes halogenated alkanes) is 1. The molecule has 2 amide bonds. The molecule has 1 saturated heterocycles. The highest BCUT2D eigenvalue weighted by atomic mass is 32.2. The molecule has 1 aromatic rings. The molecule has 1 aliphatic rings. The van der Waals surface area contributed by atoms with Crippen molar-refractivity contribution in [3.05, 3.63) is 24.3 Å². The molecule has 1 aromatic carbocycles. The summed E-state index contributed by atoms with van der Waals surface area (Å²) in [6.07, 6.45) is 2.01. The molecule has 0 aromatic heterocycles. The molecule has 5 nitrogen and oxygen atoms in total. The molecule has 25 heavy (non-hydrogen) atoms. The topological polar surface area (TPSA) is 45.1 Å². The first-order valence-electron chi connectivity index (χ1n) is 8.90. The highest BCUT2D eigenvalue weighted by molar-refractivity contribution is 8.14. The van der Waals surface area contributed by atoms with Crippen LogP contribution in [-0.4, -0.2) is 40.7 Å². The minimum Gasteiger partial charge on any atom is -0.494 e. The highest BCUT2D eigenvalue weighted by Crippen LogP contribution is 2.29. The largest absolute Gasteiger partial charge is 0.494 e. The van der Waals surface area contributed by atoms with Crippen molar-refractivity contribution in [3.8, 4) is 5.75 Å². The number of amidine groups is 1. The Bertz CT molecular complexity index is 608. The maximum absolute atomic E-state index is 13.1. The molecule has 0 aliphatic carbocycles. The summed E-state index contributed by atoms with van der Waals surface area (Å²) >= 11 is 1.62. The Kier molecular flexibility index (Phi) is 6.76. The van der Waals surface area contributed by atoms with Gasteiger partial charge in [-0.25, -0.2) is 4.79 Å². The number of rotatable bonds is 6. The molecule has 0 radical (unpaired) electrons. The smallest absolute Gasteiger partial charge is 0.331 e. The fourth-order valence-electron chi connectivity index (χ4n) is 2.44. The lowest BCUT2D eigenvalue weighted by Crippen LogP contribution is -2.51. The molecule has 0 atom stereocenters. The molecule has 1 heterocycles. The molecular weight excluding hydrogens is 334 g/mol. The van der Waals surface area contributed by atoms with E-state index in [2.05, 4.69) is 27.7 Å². The number of ether oxygens (including phenoxy) is 1. The number of benzene rings is 1. The van der Waals surface area contributed by atoms with Crippen LogP contribution in [0.4, 0.5) is 10.5 Å². The van der Waals surface area contributed by atoms with Crippen molar-refractivity contribution >= 4 is 28.6 Å². The van der Waals surface area contributed by atoms with E-state index in [1.807, 2.05) is 36.1 Å². The Balaban J connectivity index is 2.22. The number of carbonyl (C=O) groups is 1. The quantitative estimate of drug-likeness (QED) is 0.716. The third-order valence-electron chi connectivity index (χ3n) is 3.64. The van der Waals surface area contributed by atoms with Crippen molar-refractivity contribution in [2.75, 3.05) is 23.9 Å². The lowest BCUT2D eigenvalue weighted by Gasteiger charge is -2.36. The summed E-state index contributed by atoms with van der Waals surface area (Å²) in [4.78, 5) is 21.4. The van der Waals surface area contributed by atoms with E-state index < -0.39 is 0 Å². The fraction of sp³-hybridized carbons (Fsp3) is 0.579. The summed E-state index contributed by atoms with van der Waals surface area (Å²) in [6, 6.07) is 7.69. The summed E-state index contributed by atoms with van der Waals surface area (Å²) in [6.45, 7) is 11.6. The first-order chi connectivity index (χ1) is 11.9. The predicted molar refractivity (Wildman–Crippen MR) is 107 cm³/mol. The van der Waals surface area contributed by atoms with Crippen LogP contribution in [0.3, 0.4) is 0 Å². The zero-order valence-electron chi connectivity index (χ0n) is 15.9. The Labute approximate surface area is 155 Å². The van der Waals surface area contributed by atoms with Gasteiger partial charge in [-0.2, -0.15) is 0 Å². The number of hydrogen-bond donors (Lipinski definition) is 0. The average Bonchev–Trinajstić information content (AvgIpc) is 2.55. The predicted octanol–water partition coefficient (Wildman–Crippen LogP) is 4.97. The Morgan fingerprint density at radius 2 is 1.88 bits per heavy atom. The second-order valence-corrected chi connectivity index (χ2v) is 7.89. The summed E-state index contributed by atoms with van der Waals surface area (Å²) in [7, 11) is 0. The van der Waals surface area contributed by atoms with E-state index in [0.717, 1.165) is 29.4 Å². The zero-order chi connectivity index (χ0) is 18.4. The second-order valence-electron chi connectivity index (χ2n) is 6.98. The fourth-order valence-corrected chi connectivity index (χ4v) is 3.61. The van der Waals surface area contributed by atoms with Crippen LogP contribution >= 0.6 is 11.8 Å². The van der Waals surface area contributed by atoms with E-state index in [-0.39, 0.29) is 11.6 Å². The van der Waals surface area contributed by atoms with E-state index in [0.29, 0.717) is 19.0 Å². The van der Waals surface area contributed by atoms with Crippen molar-refractivity contribution in [1.29, 1.82) is 0 Å². The van der Waals surface area contributed by atoms with Gasteiger partial charge in [0, 0.05) is 12.2 Å². The molecule has 0 bridgehead atoms. The molecule has 0 unspecified atom stereocenters. The summed E-state index contributed by atoms with van der Waals surface area (Å²) in [5, 5.41) is 0.827. The summed E-state index contributed by atoms with van der Waals surface area (Å²) < 4.78 is 5.48. The summed E-state index contributed by atoms with van der Waals surface area (Å²) in [5.74, 6) is 1.39. The van der Waals surface area contributed by atoms with E-state index in [9.17, 15) is 4.79 Å². The van der Waals surface area contributed by atoms with E-state index >= 15 is 0 Å². The monoisotopic (exact) mass is 363 g/mol. The molecule has 138 valence electrons. The lowest BCUT2D eigenvalue weighted by molar-refractivity contribution is 0.227. The van der Waals surface area contributed by atoms with Gasteiger partial charge >= 0.3 is 6.03 Å². The first-order valence-corrected chi connectivity index (χ1v) is 9.88. The van der Waals surface area contributed by atoms with Crippen LogP contribution < -0.4 is 9.64 Å². The van der Waals surface area contributed by atoms with Crippen molar-refractivity contribution in [2.24, 2.45) is 4.99 Å². The number of carbonyl (C=O) groups excluding carboxylic acids is 1. The first kappa shape index (κ1) is 19.6. The molecule has 1 fully saturated rings. The van der Waals surface area contributed by atoms with Gasteiger partial charge in [0.25, 0.3) is 0 Å². The van der Waals surface area contributed by atoms with Crippen LogP contribution in [0.15, 0.2) is 29.3 Å². The Hall–Kier alpha value is -1.69. The van der Waals surface area contributed by atoms with Gasteiger partial charge < -0.3 is 4.74 Å². The second kappa shape index (κ2) is 8.61. The minimum atomic E-state index is -0.200. The molecule has 0 saturated carbocycles. The number of nitrogens with zero attached hydrogens (tertiary/aromatic N) is 3. The van der Waals surface area contributed by atoms with Gasteiger partial charge in [-0.05, 0) is 58.4 Å². The third kappa shape index (κ3) is 5.39. The van der Waals surface area contributed by atoms with Crippen molar-refractivity contribution in [1.82, 2.24) is 4.90 Å². The van der Waals surface area contributed by atoms with Gasteiger partial charge in [0.1, 0.15) is 5.75 Å². The highest BCUT2D eigenvalue weighted by Gasteiger charge is 2.32. The van der Waals surface area contributed by atoms with Crippen LogP contribution in [-0.2, 0) is 0 Å². The van der Waals surface area contributed by atoms with Gasteiger partial charge in [0.15, 0.2) is 5.17 Å². The van der Waals surface area contributed by atoms with Crippen LogP contribution in [0.25, 0.3) is 0 Å². The molecule has 6 heteroatoms. The van der Waals surface area contributed by atoms with Crippen LogP contribution in [0, 0.1) is 0 Å². The number of anilines is 1. The van der Waals surface area contributed by atoms with Gasteiger partial charge in [-0.1, -0.05) is 25.1 Å². The summed E-state index contributed by atoms with van der Waals surface area (Å²) in [5.41, 5.74) is 0.686. The maximum Gasteiger partial charge on any atom is 0.331 e. The molecule has 1 aliphatic heterocycles.